The van der Waals surface area contributed by atoms with Crippen LogP contribution in [0.25, 0.3) is 6.08 Å². The van der Waals surface area contributed by atoms with Crippen molar-refractivity contribution in [3.63, 3.8) is 0 Å². The number of fused-ring (bicyclic) bond motifs is 1. The minimum Gasteiger partial charge on any atom is -0.490 e. The van der Waals surface area contributed by atoms with Gasteiger partial charge in [0.2, 0.25) is 0 Å². The number of furan rings is 1. The second kappa shape index (κ2) is 7.33. The molecule has 1 aliphatic rings. The third-order valence-corrected chi connectivity index (χ3v) is 4.78. The fraction of sp³-hybridized carbons (Fsp3) is 0.176. The van der Waals surface area contributed by atoms with Gasteiger partial charge in [-0.1, -0.05) is 0 Å². The van der Waals surface area contributed by atoms with E-state index in [9.17, 15) is 13.2 Å². The van der Waals surface area contributed by atoms with Gasteiger partial charge in [-0.3, -0.25) is 4.79 Å². The van der Waals surface area contributed by atoms with Crippen molar-refractivity contribution in [2.24, 2.45) is 0 Å². The Kier molecular flexibility index (Phi) is 4.95. The molecule has 0 fully saturated rings. The molecule has 0 aliphatic carbocycles. The molecule has 1 aromatic carbocycles. The van der Waals surface area contributed by atoms with E-state index in [0.717, 1.165) is 6.08 Å². The first kappa shape index (κ1) is 17.6. The lowest BCUT2D eigenvalue weighted by Gasteiger charge is -2.10. The number of nitriles is 1. The summed E-state index contributed by atoms with van der Waals surface area (Å²) in [5, 5.41) is 9.10. The first-order valence-corrected chi connectivity index (χ1v) is 9.10. The smallest absolute Gasteiger partial charge is 0.275 e. The number of sulfonamides is 1. The maximum absolute atomic E-state index is 12.4. The van der Waals surface area contributed by atoms with Gasteiger partial charge in [-0.2, -0.15) is 5.26 Å². The van der Waals surface area contributed by atoms with Crippen molar-refractivity contribution in [1.29, 1.82) is 5.26 Å². The highest BCUT2D eigenvalue weighted by atomic mass is 32.2. The van der Waals surface area contributed by atoms with E-state index in [1.54, 1.807) is 12.1 Å². The van der Waals surface area contributed by atoms with Gasteiger partial charge in [-0.25, -0.2) is 13.1 Å². The zero-order valence-corrected chi connectivity index (χ0v) is 14.3. The molecule has 26 heavy (non-hydrogen) atoms. The molecule has 8 nitrogen and oxygen atoms in total. The predicted octanol–water partition coefficient (Wildman–Crippen LogP) is 1.85. The third-order valence-electron chi connectivity index (χ3n) is 3.45. The van der Waals surface area contributed by atoms with Gasteiger partial charge in [0.05, 0.1) is 24.4 Å². The largest absolute Gasteiger partial charge is 0.490 e. The summed E-state index contributed by atoms with van der Waals surface area (Å²) in [5.74, 6) is -0.0895. The van der Waals surface area contributed by atoms with Gasteiger partial charge >= 0.3 is 0 Å². The molecule has 1 aliphatic heterocycles. The van der Waals surface area contributed by atoms with Gasteiger partial charge in [-0.05, 0) is 24.3 Å². The number of rotatable bonds is 4. The molecule has 2 heterocycles. The van der Waals surface area contributed by atoms with E-state index >= 15 is 0 Å². The average molecular weight is 374 g/mol. The lowest BCUT2D eigenvalue weighted by atomic mass is 10.2. The Morgan fingerprint density at radius 3 is 2.65 bits per heavy atom. The van der Waals surface area contributed by atoms with Crippen LogP contribution in [0.3, 0.4) is 0 Å². The molecule has 3 rings (SSSR count). The summed E-state index contributed by atoms with van der Waals surface area (Å²) in [7, 11) is -4.20. The highest BCUT2D eigenvalue weighted by Crippen LogP contribution is 2.31. The maximum Gasteiger partial charge on any atom is 0.275 e. The number of ether oxygens (including phenoxy) is 2. The molecule has 134 valence electrons. The standard InChI is InChI=1S/C17H14N2O6S/c18-11-12(9-13-3-1-6-23-13)17(20)19-26(21,22)14-4-5-15-16(10-14)25-8-2-7-24-15/h1,3-6,9-10H,2,7-8H2,(H,19,20)/b12-9+. The molecule has 2 aromatic rings. The first-order chi connectivity index (χ1) is 12.5. The van der Waals surface area contributed by atoms with Crippen LogP contribution in [0.15, 0.2) is 51.5 Å². The topological polar surface area (TPSA) is 119 Å². The highest BCUT2D eigenvalue weighted by Gasteiger charge is 2.23. The number of benzene rings is 1. The van der Waals surface area contributed by atoms with E-state index in [1.807, 2.05) is 4.72 Å². The van der Waals surface area contributed by atoms with Crippen LogP contribution < -0.4 is 14.2 Å². The van der Waals surface area contributed by atoms with Crippen LogP contribution in [0.5, 0.6) is 11.5 Å². The lowest BCUT2D eigenvalue weighted by Crippen LogP contribution is -2.31. The molecule has 0 saturated heterocycles. The molecule has 1 N–H and O–H groups in total. The summed E-state index contributed by atoms with van der Waals surface area (Å²) in [6.07, 6.45) is 3.20. The number of nitrogens with one attached hydrogen (secondary N) is 1. The van der Waals surface area contributed by atoms with Crippen molar-refractivity contribution in [3.8, 4) is 17.6 Å². The fourth-order valence-electron chi connectivity index (χ4n) is 2.21. The van der Waals surface area contributed by atoms with E-state index in [2.05, 4.69) is 0 Å². The number of hydrogen-bond donors (Lipinski definition) is 1. The molecule has 1 amide bonds. The molecule has 9 heteroatoms. The van der Waals surface area contributed by atoms with Gasteiger partial charge in [0.15, 0.2) is 11.5 Å². The normalized spacial score (nSPS) is 14.2. The molecular weight excluding hydrogens is 360 g/mol. The summed E-state index contributed by atoms with van der Waals surface area (Å²) >= 11 is 0. The van der Waals surface area contributed by atoms with Crippen LogP contribution >= 0.6 is 0 Å². The molecule has 0 spiro atoms. The van der Waals surface area contributed by atoms with Gasteiger partial charge in [0, 0.05) is 18.6 Å². The SMILES string of the molecule is N#C/C(=C\c1ccco1)C(=O)NS(=O)(=O)c1ccc2c(c1)OCCCO2. The van der Waals surface area contributed by atoms with E-state index in [0.29, 0.717) is 25.4 Å². The zero-order valence-electron chi connectivity index (χ0n) is 13.5. The summed E-state index contributed by atoms with van der Waals surface area (Å²) in [4.78, 5) is 12.0. The summed E-state index contributed by atoms with van der Waals surface area (Å²) in [6.45, 7) is 0.867. The molecular formula is C17H14N2O6S. The van der Waals surface area contributed by atoms with Gasteiger partial charge < -0.3 is 13.9 Å². The van der Waals surface area contributed by atoms with Crippen LogP contribution in [-0.2, 0) is 14.8 Å². The van der Waals surface area contributed by atoms with Gasteiger partial charge in [-0.15, -0.1) is 0 Å². The van der Waals surface area contributed by atoms with Crippen LogP contribution in [0.4, 0.5) is 0 Å². The van der Waals surface area contributed by atoms with E-state index in [-0.39, 0.29) is 16.4 Å². The van der Waals surface area contributed by atoms with Crippen molar-refractivity contribution >= 4 is 22.0 Å². The minimum atomic E-state index is -4.20. The van der Waals surface area contributed by atoms with Crippen LogP contribution in [0, 0.1) is 11.3 Å². The van der Waals surface area contributed by atoms with E-state index in [4.69, 9.17) is 19.2 Å². The second-order valence-corrected chi connectivity index (χ2v) is 6.96. The maximum atomic E-state index is 12.4. The third kappa shape index (κ3) is 3.87. The number of carbonyl (C=O) groups excluding carboxylic acids is 1. The van der Waals surface area contributed by atoms with Gasteiger partial charge in [0.25, 0.3) is 15.9 Å². The average Bonchev–Trinajstić information content (AvgIpc) is 3.01. The number of amides is 1. The summed E-state index contributed by atoms with van der Waals surface area (Å²) < 4.78 is 42.7. The molecule has 0 unspecified atom stereocenters. The van der Waals surface area contributed by atoms with Crippen molar-refractivity contribution in [1.82, 2.24) is 4.72 Å². The van der Waals surface area contributed by atoms with Crippen molar-refractivity contribution in [2.75, 3.05) is 13.2 Å². The Labute approximate surface area is 149 Å². The lowest BCUT2D eigenvalue weighted by molar-refractivity contribution is -0.115. The summed E-state index contributed by atoms with van der Waals surface area (Å²) in [5.41, 5.74) is -0.405. The predicted molar refractivity (Wildman–Crippen MR) is 89.7 cm³/mol. The van der Waals surface area contributed by atoms with Crippen LogP contribution in [-0.4, -0.2) is 27.5 Å². The van der Waals surface area contributed by atoms with Crippen LogP contribution in [0.2, 0.25) is 0 Å². The Morgan fingerprint density at radius 2 is 1.96 bits per heavy atom. The van der Waals surface area contributed by atoms with E-state index < -0.39 is 21.5 Å². The molecule has 0 radical (unpaired) electrons. The Bertz CT molecular complexity index is 987. The van der Waals surface area contributed by atoms with Crippen molar-refractivity contribution in [2.45, 2.75) is 11.3 Å². The molecule has 0 saturated carbocycles. The molecule has 1 aromatic heterocycles. The van der Waals surface area contributed by atoms with Crippen molar-refractivity contribution < 1.29 is 27.1 Å². The Hall–Kier alpha value is -3.25. The number of hydrogen-bond acceptors (Lipinski definition) is 7. The summed E-state index contributed by atoms with van der Waals surface area (Å²) in [6, 6.07) is 8.79. The fourth-order valence-corrected chi connectivity index (χ4v) is 3.19. The number of carbonyl (C=O) groups is 1. The number of nitrogens with zero attached hydrogens (tertiary/aromatic N) is 1. The minimum absolute atomic E-state index is 0.176. The Morgan fingerprint density at radius 1 is 1.19 bits per heavy atom. The highest BCUT2D eigenvalue weighted by molar-refractivity contribution is 7.90. The zero-order chi connectivity index (χ0) is 18.6. The van der Waals surface area contributed by atoms with Crippen molar-refractivity contribution in [3.05, 3.63) is 47.9 Å². The Balaban J connectivity index is 1.83. The van der Waals surface area contributed by atoms with E-state index in [1.165, 1.54) is 30.5 Å². The monoisotopic (exact) mass is 374 g/mol. The van der Waals surface area contributed by atoms with Crippen LogP contribution in [0.1, 0.15) is 12.2 Å². The quantitative estimate of drug-likeness (QED) is 0.641. The first-order valence-electron chi connectivity index (χ1n) is 7.62. The molecule has 0 bridgehead atoms. The second-order valence-electron chi connectivity index (χ2n) is 5.28. The van der Waals surface area contributed by atoms with Gasteiger partial charge in [0.1, 0.15) is 17.4 Å². The molecule has 0 atom stereocenters.